The second kappa shape index (κ2) is 6.60. The minimum absolute atomic E-state index is 0.00736. The smallest absolute Gasteiger partial charge is 0.306 e. The fourth-order valence-corrected chi connectivity index (χ4v) is 0.572. The fraction of sp³-hybridized carbons (Fsp3) is 0.714. The van der Waals surface area contributed by atoms with Crippen molar-refractivity contribution in [2.75, 3.05) is 20.3 Å². The van der Waals surface area contributed by atoms with E-state index in [0.717, 1.165) is 0 Å². The number of aliphatic hydroxyl groups excluding tert-OH is 1. The van der Waals surface area contributed by atoms with Gasteiger partial charge in [0.2, 0.25) is 5.91 Å². The molecule has 0 aliphatic carbocycles. The highest BCUT2D eigenvalue weighted by atomic mass is 16.5. The molecule has 1 amide bonds. The first-order valence-corrected chi connectivity index (χ1v) is 3.67. The summed E-state index contributed by atoms with van der Waals surface area (Å²) in [7, 11) is 1.50. The number of hydrogen-bond acceptors (Lipinski definition) is 4. The Balaban J connectivity index is 3.37. The predicted octanol–water partition coefficient (Wildman–Crippen LogP) is -0.952. The number of ether oxygens (including phenoxy) is 1. The Hall–Kier alpha value is -1.10. The molecule has 12 heavy (non-hydrogen) atoms. The lowest BCUT2D eigenvalue weighted by Crippen LogP contribution is -2.19. The molecule has 0 aromatic rings. The monoisotopic (exact) mass is 175 g/mol. The summed E-state index contributed by atoms with van der Waals surface area (Å²) in [6.07, 6.45) is 0.181. The highest BCUT2D eigenvalue weighted by molar-refractivity contribution is 5.80. The molecule has 0 aliphatic heterocycles. The van der Waals surface area contributed by atoms with Crippen LogP contribution < -0.4 is 5.32 Å². The van der Waals surface area contributed by atoms with Crippen LogP contribution in [-0.4, -0.2) is 37.2 Å². The van der Waals surface area contributed by atoms with Crippen LogP contribution in [0.1, 0.15) is 12.8 Å². The molecule has 0 rings (SSSR count). The number of hydrogen-bond donors (Lipinski definition) is 2. The number of amides is 1. The standard InChI is InChI=1S/C7H13NO4/c1-8-6(10)2-3-7(11)12-5-4-9/h9H,2-5H2,1H3,(H,8,10). The molecule has 0 spiro atoms. The Bertz CT molecular complexity index is 157. The summed E-state index contributed by atoms with van der Waals surface area (Å²) in [6.45, 7) is -0.196. The maximum Gasteiger partial charge on any atom is 0.306 e. The van der Waals surface area contributed by atoms with Gasteiger partial charge in [-0.05, 0) is 0 Å². The van der Waals surface area contributed by atoms with Gasteiger partial charge in [0.15, 0.2) is 0 Å². The second-order valence-corrected chi connectivity index (χ2v) is 2.12. The molecule has 70 valence electrons. The zero-order chi connectivity index (χ0) is 9.40. The van der Waals surface area contributed by atoms with Crippen molar-refractivity contribution >= 4 is 11.9 Å². The number of carbonyl (C=O) groups excluding carboxylic acids is 2. The first-order valence-electron chi connectivity index (χ1n) is 3.67. The molecule has 0 saturated heterocycles. The Labute approximate surface area is 70.7 Å². The summed E-state index contributed by atoms with van der Waals surface area (Å²) in [6, 6.07) is 0. The van der Waals surface area contributed by atoms with E-state index in [1.807, 2.05) is 0 Å². The molecule has 0 atom stereocenters. The molecular formula is C7H13NO4. The summed E-state index contributed by atoms with van der Waals surface area (Å²) in [4.78, 5) is 21.3. The zero-order valence-electron chi connectivity index (χ0n) is 7.00. The minimum atomic E-state index is -0.465. The van der Waals surface area contributed by atoms with Gasteiger partial charge in [-0.25, -0.2) is 0 Å². The molecule has 0 bridgehead atoms. The van der Waals surface area contributed by atoms with Crippen molar-refractivity contribution in [2.45, 2.75) is 12.8 Å². The van der Waals surface area contributed by atoms with Gasteiger partial charge in [-0.2, -0.15) is 0 Å². The Morgan fingerprint density at radius 3 is 2.58 bits per heavy atom. The Morgan fingerprint density at radius 1 is 1.42 bits per heavy atom. The minimum Gasteiger partial charge on any atom is -0.463 e. The van der Waals surface area contributed by atoms with Crippen molar-refractivity contribution in [1.82, 2.24) is 5.32 Å². The molecule has 0 radical (unpaired) electrons. The van der Waals surface area contributed by atoms with Crippen molar-refractivity contribution in [1.29, 1.82) is 0 Å². The normalized spacial score (nSPS) is 9.17. The first kappa shape index (κ1) is 10.9. The third-order valence-corrected chi connectivity index (χ3v) is 1.19. The van der Waals surface area contributed by atoms with Gasteiger partial charge >= 0.3 is 5.97 Å². The largest absolute Gasteiger partial charge is 0.463 e. The summed E-state index contributed by atoms with van der Waals surface area (Å²) in [5.41, 5.74) is 0. The number of nitrogens with one attached hydrogen (secondary N) is 1. The van der Waals surface area contributed by atoms with Crippen LogP contribution in [0.4, 0.5) is 0 Å². The highest BCUT2D eigenvalue weighted by Crippen LogP contribution is 1.91. The molecule has 5 heteroatoms. The summed E-state index contributed by atoms with van der Waals surface area (Å²) < 4.78 is 4.52. The van der Waals surface area contributed by atoms with Crippen LogP contribution in [-0.2, 0) is 14.3 Å². The fourth-order valence-electron chi connectivity index (χ4n) is 0.572. The summed E-state index contributed by atoms with van der Waals surface area (Å²) in [5, 5.41) is 10.7. The van der Waals surface area contributed by atoms with E-state index in [9.17, 15) is 9.59 Å². The van der Waals surface area contributed by atoms with Gasteiger partial charge in [-0.1, -0.05) is 0 Å². The molecular weight excluding hydrogens is 162 g/mol. The average Bonchev–Trinajstić information content (AvgIpc) is 2.10. The summed E-state index contributed by atoms with van der Waals surface area (Å²) in [5.74, 6) is -0.663. The number of rotatable bonds is 5. The maximum atomic E-state index is 10.7. The van der Waals surface area contributed by atoms with E-state index in [1.165, 1.54) is 7.05 Å². The van der Waals surface area contributed by atoms with E-state index in [4.69, 9.17) is 5.11 Å². The van der Waals surface area contributed by atoms with Crippen molar-refractivity contribution in [2.24, 2.45) is 0 Å². The lowest BCUT2D eigenvalue weighted by atomic mass is 10.3. The molecule has 2 N–H and O–H groups in total. The van der Waals surface area contributed by atoms with Crippen LogP contribution in [0, 0.1) is 0 Å². The maximum absolute atomic E-state index is 10.7. The van der Waals surface area contributed by atoms with Gasteiger partial charge in [0, 0.05) is 13.5 Å². The van der Waals surface area contributed by atoms with Crippen LogP contribution in [0.5, 0.6) is 0 Å². The molecule has 0 aromatic carbocycles. The first-order chi connectivity index (χ1) is 5.70. The van der Waals surface area contributed by atoms with Gasteiger partial charge in [-0.3, -0.25) is 9.59 Å². The number of esters is 1. The van der Waals surface area contributed by atoms with E-state index >= 15 is 0 Å². The van der Waals surface area contributed by atoms with Crippen LogP contribution >= 0.6 is 0 Å². The predicted molar refractivity (Wildman–Crippen MR) is 41.3 cm³/mol. The highest BCUT2D eigenvalue weighted by Gasteiger charge is 2.05. The van der Waals surface area contributed by atoms with E-state index in [2.05, 4.69) is 10.1 Å². The van der Waals surface area contributed by atoms with Gasteiger partial charge in [0.05, 0.1) is 13.0 Å². The van der Waals surface area contributed by atoms with Crippen LogP contribution in [0.25, 0.3) is 0 Å². The topological polar surface area (TPSA) is 75.6 Å². The van der Waals surface area contributed by atoms with Gasteiger partial charge < -0.3 is 15.2 Å². The van der Waals surface area contributed by atoms with Gasteiger partial charge in [-0.15, -0.1) is 0 Å². The molecule has 0 aromatic heterocycles. The average molecular weight is 175 g/mol. The Kier molecular flexibility index (Phi) is 6.00. The van der Waals surface area contributed by atoms with Gasteiger partial charge in [0.1, 0.15) is 6.61 Å². The lowest BCUT2D eigenvalue weighted by Gasteiger charge is -2.01. The second-order valence-electron chi connectivity index (χ2n) is 2.12. The van der Waals surface area contributed by atoms with Crippen LogP contribution in [0.15, 0.2) is 0 Å². The molecule has 0 fully saturated rings. The van der Waals surface area contributed by atoms with E-state index in [1.54, 1.807) is 0 Å². The molecule has 0 aliphatic rings. The third kappa shape index (κ3) is 5.67. The van der Waals surface area contributed by atoms with E-state index in [0.29, 0.717) is 0 Å². The van der Waals surface area contributed by atoms with Crippen molar-refractivity contribution in [3.8, 4) is 0 Å². The van der Waals surface area contributed by atoms with Crippen molar-refractivity contribution in [3.05, 3.63) is 0 Å². The zero-order valence-corrected chi connectivity index (χ0v) is 7.00. The van der Waals surface area contributed by atoms with Crippen molar-refractivity contribution < 1.29 is 19.4 Å². The van der Waals surface area contributed by atoms with Crippen molar-refractivity contribution in [3.63, 3.8) is 0 Å². The molecule has 0 unspecified atom stereocenters. The third-order valence-electron chi connectivity index (χ3n) is 1.19. The molecule has 0 saturated carbocycles. The SMILES string of the molecule is CNC(=O)CCC(=O)OCCO. The van der Waals surface area contributed by atoms with E-state index < -0.39 is 5.97 Å². The Morgan fingerprint density at radius 2 is 2.08 bits per heavy atom. The molecule has 5 nitrogen and oxygen atoms in total. The van der Waals surface area contributed by atoms with Crippen LogP contribution in [0.2, 0.25) is 0 Å². The number of aliphatic hydroxyl groups is 1. The quantitative estimate of drug-likeness (QED) is 0.528. The summed E-state index contributed by atoms with van der Waals surface area (Å²) >= 11 is 0. The van der Waals surface area contributed by atoms with Gasteiger partial charge in [0.25, 0.3) is 0 Å². The number of carbonyl (C=O) groups is 2. The lowest BCUT2D eigenvalue weighted by molar-refractivity contribution is -0.145. The van der Waals surface area contributed by atoms with Crippen LogP contribution in [0.3, 0.4) is 0 Å². The molecule has 0 heterocycles. The van der Waals surface area contributed by atoms with E-state index in [-0.39, 0.29) is 32.0 Å².